The van der Waals surface area contributed by atoms with Crippen LogP contribution in [0.1, 0.15) is 12.5 Å². The van der Waals surface area contributed by atoms with E-state index in [9.17, 15) is 23.3 Å². The molecule has 0 aliphatic rings. The van der Waals surface area contributed by atoms with Crippen molar-refractivity contribution in [2.75, 3.05) is 43.9 Å². The molecule has 0 radical (unpaired) electrons. The Balaban J connectivity index is 1.90. The van der Waals surface area contributed by atoms with E-state index >= 15 is 0 Å². The van der Waals surface area contributed by atoms with Gasteiger partial charge in [-0.05, 0) is 30.3 Å². The Labute approximate surface area is 208 Å². The first-order valence-electron chi connectivity index (χ1n) is 11.0. The molecule has 1 aromatic heterocycles. The summed E-state index contributed by atoms with van der Waals surface area (Å²) in [7, 11) is -0.881. The fourth-order valence-corrected chi connectivity index (χ4v) is 4.20. The first-order valence-corrected chi connectivity index (χ1v) is 12.4. The summed E-state index contributed by atoms with van der Waals surface area (Å²) < 4.78 is 34.5. The van der Waals surface area contributed by atoms with Crippen LogP contribution in [0.5, 0.6) is 0 Å². The van der Waals surface area contributed by atoms with Gasteiger partial charge in [-0.25, -0.2) is 4.98 Å². The molecule has 36 heavy (non-hydrogen) atoms. The predicted molar refractivity (Wildman–Crippen MR) is 136 cm³/mol. The van der Waals surface area contributed by atoms with Crippen molar-refractivity contribution in [3.8, 4) is 6.07 Å². The number of methoxy groups -OCH3 is 1. The summed E-state index contributed by atoms with van der Waals surface area (Å²) in [5.41, 5.74) is 1.05. The van der Waals surface area contributed by atoms with Crippen molar-refractivity contribution in [3.63, 3.8) is 0 Å². The summed E-state index contributed by atoms with van der Waals surface area (Å²) >= 11 is 0. The number of rotatable bonds is 11. The van der Waals surface area contributed by atoms with Gasteiger partial charge in [0, 0.05) is 32.9 Å². The minimum atomic E-state index is -3.83. The van der Waals surface area contributed by atoms with E-state index in [2.05, 4.69) is 20.3 Å². The van der Waals surface area contributed by atoms with Crippen molar-refractivity contribution < 1.29 is 17.9 Å². The van der Waals surface area contributed by atoms with Gasteiger partial charge in [0.25, 0.3) is 5.56 Å². The van der Waals surface area contributed by atoms with Crippen LogP contribution in [0.4, 0.5) is 17.1 Å². The molecule has 3 N–H and O–H groups in total. The van der Waals surface area contributed by atoms with E-state index in [0.29, 0.717) is 30.0 Å². The second kappa shape index (κ2) is 11.6. The minimum Gasteiger partial charge on any atom is -0.383 e. The number of aromatic nitrogens is 2. The number of benzene rings is 2. The molecule has 0 unspecified atom stereocenters. The summed E-state index contributed by atoms with van der Waals surface area (Å²) in [6.45, 7) is 2.43. The number of hydrogen-bond acceptors (Lipinski definition) is 8. The zero-order valence-electron chi connectivity index (χ0n) is 20.1. The van der Waals surface area contributed by atoms with Crippen molar-refractivity contribution in [1.29, 1.82) is 5.26 Å². The molecular formula is C23H27N7O5S. The largest absolute Gasteiger partial charge is 0.383 e. The summed E-state index contributed by atoms with van der Waals surface area (Å²) in [4.78, 5) is 29.3. The number of nitriles is 1. The molecule has 12 nitrogen and oxygen atoms in total. The van der Waals surface area contributed by atoms with Gasteiger partial charge in [0.15, 0.2) is 0 Å². The summed E-state index contributed by atoms with van der Waals surface area (Å²) in [5, 5.41) is 15.7. The SMILES string of the molecule is CCN(C)S(=O)(=O)Nc1cccc(Nc2ccc3ncn(CC(=O)NCCOC)c(=O)c3c2)c1C#N. The van der Waals surface area contributed by atoms with Crippen LogP contribution in [-0.2, 0) is 26.3 Å². The van der Waals surface area contributed by atoms with Gasteiger partial charge in [-0.2, -0.15) is 18.0 Å². The third-order valence-electron chi connectivity index (χ3n) is 5.32. The number of carbonyl (C=O) groups excluding carboxylic acids is 1. The average molecular weight is 514 g/mol. The number of ether oxygens (including phenoxy) is 1. The number of nitrogens with one attached hydrogen (secondary N) is 3. The Bertz CT molecular complexity index is 1460. The highest BCUT2D eigenvalue weighted by atomic mass is 32.2. The molecule has 1 amide bonds. The van der Waals surface area contributed by atoms with Gasteiger partial charge in [0.05, 0.1) is 40.8 Å². The molecule has 2 aromatic carbocycles. The van der Waals surface area contributed by atoms with Gasteiger partial charge in [-0.1, -0.05) is 13.0 Å². The van der Waals surface area contributed by atoms with Crippen molar-refractivity contribution in [2.24, 2.45) is 0 Å². The van der Waals surface area contributed by atoms with Crippen LogP contribution < -0.4 is 20.9 Å². The lowest BCUT2D eigenvalue weighted by Crippen LogP contribution is -2.34. The minimum absolute atomic E-state index is 0.0852. The third kappa shape index (κ3) is 6.16. The molecule has 0 fully saturated rings. The second-order valence-corrected chi connectivity index (χ2v) is 9.52. The Morgan fingerprint density at radius 1 is 1.25 bits per heavy atom. The highest BCUT2D eigenvalue weighted by molar-refractivity contribution is 7.90. The fourth-order valence-electron chi connectivity index (χ4n) is 3.26. The van der Waals surface area contributed by atoms with E-state index in [1.807, 2.05) is 6.07 Å². The highest BCUT2D eigenvalue weighted by Crippen LogP contribution is 2.28. The molecule has 0 saturated heterocycles. The van der Waals surface area contributed by atoms with E-state index in [1.165, 1.54) is 31.1 Å². The Morgan fingerprint density at radius 2 is 2.00 bits per heavy atom. The van der Waals surface area contributed by atoms with Crippen LogP contribution in [0.3, 0.4) is 0 Å². The molecular weight excluding hydrogens is 486 g/mol. The summed E-state index contributed by atoms with van der Waals surface area (Å²) in [5.74, 6) is -0.351. The molecule has 0 spiro atoms. The standard InChI is InChI=1S/C23H27N7O5S/c1-4-29(2)36(33,34)28-21-7-5-6-20(18(21)13-24)27-16-8-9-19-17(12-16)23(32)30(15-26-19)14-22(31)25-10-11-35-3/h5-9,12,15,27-28H,4,10-11,14H2,1-3H3,(H,25,31). The quantitative estimate of drug-likeness (QED) is 0.324. The molecule has 0 atom stereocenters. The van der Waals surface area contributed by atoms with E-state index in [0.717, 1.165) is 4.31 Å². The average Bonchev–Trinajstić information content (AvgIpc) is 2.85. The molecule has 190 valence electrons. The zero-order valence-corrected chi connectivity index (χ0v) is 20.9. The molecule has 0 saturated carbocycles. The topological polar surface area (TPSA) is 158 Å². The van der Waals surface area contributed by atoms with Crippen LogP contribution in [-0.4, -0.2) is 62.0 Å². The molecule has 3 aromatic rings. The number of nitrogens with zero attached hydrogens (tertiary/aromatic N) is 4. The first-order chi connectivity index (χ1) is 17.2. The van der Waals surface area contributed by atoms with Crippen LogP contribution in [0.15, 0.2) is 47.5 Å². The lowest BCUT2D eigenvalue weighted by atomic mass is 10.1. The van der Waals surface area contributed by atoms with Gasteiger partial charge >= 0.3 is 10.2 Å². The van der Waals surface area contributed by atoms with Crippen LogP contribution in [0.2, 0.25) is 0 Å². The number of anilines is 3. The fraction of sp³-hybridized carbons (Fsp3) is 0.304. The summed E-state index contributed by atoms with van der Waals surface area (Å²) in [6, 6.07) is 11.6. The van der Waals surface area contributed by atoms with Crippen LogP contribution in [0.25, 0.3) is 10.9 Å². The second-order valence-electron chi connectivity index (χ2n) is 7.74. The van der Waals surface area contributed by atoms with Gasteiger partial charge in [-0.15, -0.1) is 0 Å². The van der Waals surface area contributed by atoms with Crippen LogP contribution >= 0.6 is 0 Å². The van der Waals surface area contributed by atoms with Crippen molar-refractivity contribution in [2.45, 2.75) is 13.5 Å². The Hall–Kier alpha value is -3.99. The van der Waals surface area contributed by atoms with Crippen molar-refractivity contribution in [1.82, 2.24) is 19.2 Å². The smallest absolute Gasteiger partial charge is 0.301 e. The normalized spacial score (nSPS) is 11.3. The van der Waals surface area contributed by atoms with Gasteiger partial charge in [0.2, 0.25) is 5.91 Å². The molecule has 0 aliphatic carbocycles. The highest BCUT2D eigenvalue weighted by Gasteiger charge is 2.19. The zero-order chi connectivity index (χ0) is 26.3. The summed E-state index contributed by atoms with van der Waals surface area (Å²) in [6.07, 6.45) is 1.31. The predicted octanol–water partition coefficient (Wildman–Crippen LogP) is 1.38. The maximum Gasteiger partial charge on any atom is 0.301 e. The first kappa shape index (κ1) is 26.6. The Morgan fingerprint density at radius 3 is 2.69 bits per heavy atom. The van der Waals surface area contributed by atoms with E-state index in [4.69, 9.17) is 4.74 Å². The van der Waals surface area contributed by atoms with Crippen molar-refractivity contribution >= 4 is 44.1 Å². The van der Waals surface area contributed by atoms with E-state index < -0.39 is 15.8 Å². The monoisotopic (exact) mass is 513 g/mol. The maximum atomic E-state index is 13.0. The van der Waals surface area contributed by atoms with E-state index in [1.54, 1.807) is 37.3 Å². The number of fused-ring (bicyclic) bond motifs is 1. The maximum absolute atomic E-state index is 13.0. The lowest BCUT2D eigenvalue weighted by molar-refractivity contribution is -0.121. The molecule has 0 aliphatic heterocycles. The molecule has 13 heteroatoms. The molecule has 1 heterocycles. The lowest BCUT2D eigenvalue weighted by Gasteiger charge is -2.18. The van der Waals surface area contributed by atoms with E-state index in [-0.39, 0.29) is 35.6 Å². The van der Waals surface area contributed by atoms with Gasteiger partial charge < -0.3 is 15.4 Å². The molecule has 0 bridgehead atoms. The Kier molecular flexibility index (Phi) is 8.59. The number of carbonyl (C=O) groups is 1. The third-order valence-corrected chi connectivity index (χ3v) is 6.87. The van der Waals surface area contributed by atoms with Crippen LogP contribution in [0, 0.1) is 11.3 Å². The van der Waals surface area contributed by atoms with Gasteiger partial charge in [-0.3, -0.25) is 18.9 Å². The molecule has 3 rings (SSSR count). The number of hydrogen-bond donors (Lipinski definition) is 3. The number of amides is 1. The van der Waals surface area contributed by atoms with Crippen molar-refractivity contribution in [3.05, 3.63) is 58.6 Å². The van der Waals surface area contributed by atoms with Gasteiger partial charge in [0.1, 0.15) is 12.6 Å².